The molecule has 25 atom stereocenters. The molecule has 3 aromatic rings. The molecule has 3 aliphatic heterocycles. The van der Waals surface area contributed by atoms with Crippen molar-refractivity contribution in [1.29, 1.82) is 0 Å². The summed E-state index contributed by atoms with van der Waals surface area (Å²) in [5.74, 6) is 6.93. The van der Waals surface area contributed by atoms with Gasteiger partial charge in [-0.25, -0.2) is 4.79 Å². The zero-order valence-corrected chi connectivity index (χ0v) is 51.6. The van der Waals surface area contributed by atoms with Crippen LogP contribution in [0.2, 0.25) is 0 Å². The van der Waals surface area contributed by atoms with Crippen LogP contribution in [0.25, 0.3) is 0 Å². The van der Waals surface area contributed by atoms with Crippen LogP contribution in [0.3, 0.4) is 0 Å². The second-order valence-corrected chi connectivity index (χ2v) is 32.6. The van der Waals surface area contributed by atoms with Gasteiger partial charge < -0.3 is 45.1 Å². The maximum atomic E-state index is 16.1. The van der Waals surface area contributed by atoms with E-state index >= 15 is 20.1 Å². The van der Waals surface area contributed by atoms with Crippen LogP contribution in [-0.4, -0.2) is 92.1 Å². The number of benzene rings is 3. The molecule has 1 saturated heterocycles. The smallest absolute Gasteiger partial charge is 0.331 e. The van der Waals surface area contributed by atoms with Crippen molar-refractivity contribution in [2.24, 2.45) is 98.6 Å². The molecule has 12 bridgehead atoms. The number of carbonyl (C=O) groups is 2. The fraction of sp³-hybridized carbons (Fsp3) is 0.688. The van der Waals surface area contributed by atoms with Gasteiger partial charge in [-0.05, 0) is 247 Å². The van der Waals surface area contributed by atoms with Crippen LogP contribution < -0.4 is 5.32 Å². The molecule has 10 nitrogen and oxygen atoms in total. The number of ether oxygens (including phenoxy) is 2. The van der Waals surface area contributed by atoms with Gasteiger partial charge in [0.2, 0.25) is 0 Å². The van der Waals surface area contributed by atoms with Crippen LogP contribution in [0, 0.1) is 110 Å². The molecule has 462 valence electrons. The van der Waals surface area contributed by atoms with Gasteiger partial charge >= 0.3 is 5.97 Å². The van der Waals surface area contributed by atoms with Gasteiger partial charge in [0.1, 0.15) is 23.6 Å². The number of hydrogen-bond donors (Lipinski definition) is 6. The topological polar surface area (TPSA) is 166 Å². The van der Waals surface area contributed by atoms with Crippen molar-refractivity contribution in [3.63, 3.8) is 0 Å². The van der Waals surface area contributed by atoms with E-state index in [1.54, 1.807) is 6.08 Å². The number of aldehydes is 1. The third-order valence-electron chi connectivity index (χ3n) is 29.8. The van der Waals surface area contributed by atoms with E-state index in [1.165, 1.54) is 23.1 Å². The first-order chi connectivity index (χ1) is 42.1. The first kappa shape index (κ1) is 56.8. The quantitative estimate of drug-likeness (QED) is 0.0841. The molecule has 3 spiro atoms. The Bertz CT molecular complexity index is 3340. The van der Waals surface area contributed by atoms with Crippen molar-refractivity contribution < 1.29 is 44.6 Å². The molecule has 0 amide bonds. The van der Waals surface area contributed by atoms with E-state index in [0.29, 0.717) is 75.0 Å². The first-order valence-corrected chi connectivity index (χ1v) is 35.1. The number of rotatable bonds is 4. The minimum absolute atomic E-state index is 0.0725. The highest BCUT2D eigenvalue weighted by Gasteiger charge is 2.88. The molecule has 0 aromatic heterocycles. The molecule has 6 N–H and O–H groups in total. The van der Waals surface area contributed by atoms with Crippen molar-refractivity contribution in [2.75, 3.05) is 7.05 Å². The molecular formula is C77H95NO9. The minimum Gasteiger partial charge on any atom is -0.454 e. The van der Waals surface area contributed by atoms with E-state index in [1.807, 2.05) is 19.2 Å². The van der Waals surface area contributed by atoms with Gasteiger partial charge in [-0.15, -0.1) is 0 Å². The molecule has 0 radical (unpaired) electrons. The molecule has 10 saturated carbocycles. The van der Waals surface area contributed by atoms with Gasteiger partial charge in [0, 0.05) is 57.6 Å². The Labute approximate surface area is 515 Å². The summed E-state index contributed by atoms with van der Waals surface area (Å²) in [5.41, 5.74) is -1.84. The molecule has 12 aliphatic carbocycles. The molecule has 3 heterocycles. The predicted molar refractivity (Wildman–Crippen MR) is 330 cm³/mol. The Morgan fingerprint density at radius 2 is 1.53 bits per heavy atom. The standard InChI is InChI=1S/C77H95NO9/c1-44-50-17-16-47(30-50)29-45-10-8-11-46(28-45)31-57-36-56-33-54-32-52(48-12-4-3-5-13-48)19-20-61(54)74(56)42-73(43-80)65-23-27-72-41-71(24-6-7-25-71)26-22-49-14-9-15-53(40-79)58(49)37-64(78-2)59-34-55(67(72)60-38-66(81)87-68(59)60)39-75(72,83)77(65,85)69(82)63-35-51(44)18-21-62(70(74)86-57)76(63,73)84/h3-5,8-15,28,38,43-44,47,50-52,54-57,59,61-65,67-70,78-79,82-85H,6-7,16-21,23-25,27,29-37,39-42H2,1-2H3/t44-,47+,50-,51-,52-,54+,55-,56+,57-,59+,61+,62+,63+,64-,65+,67+,68+,69+,70+,72-,73-,74-,75+,76+,77+/m0/s1. The normalized spacial score (nSPS) is 49.2. The predicted octanol–water partition coefficient (Wildman–Crippen LogP) is 10.9. The summed E-state index contributed by atoms with van der Waals surface area (Å²) in [6.45, 7) is 2.33. The van der Waals surface area contributed by atoms with Crippen LogP contribution in [0.15, 0.2) is 84.4 Å². The third kappa shape index (κ3) is 7.66. The molecule has 18 rings (SSSR count). The highest BCUT2D eigenvalue weighted by molar-refractivity contribution is 5.86. The Morgan fingerprint density at radius 3 is 2.33 bits per heavy atom. The lowest BCUT2D eigenvalue weighted by atomic mass is 9.31. The third-order valence-corrected chi connectivity index (χ3v) is 29.8. The van der Waals surface area contributed by atoms with Gasteiger partial charge in [-0.1, -0.05) is 98.3 Å². The average molecular weight is 1180 g/mol. The summed E-state index contributed by atoms with van der Waals surface area (Å²) in [7, 11) is 1.97. The molecular weight excluding hydrogens is 1080 g/mol. The van der Waals surface area contributed by atoms with E-state index in [-0.39, 0.29) is 78.7 Å². The minimum atomic E-state index is -2.23. The molecule has 11 fully saturated rings. The van der Waals surface area contributed by atoms with E-state index in [2.05, 4.69) is 84.7 Å². The van der Waals surface area contributed by atoms with Crippen LogP contribution in [0.1, 0.15) is 181 Å². The second-order valence-electron chi connectivity index (χ2n) is 32.6. The second kappa shape index (κ2) is 20.2. The maximum absolute atomic E-state index is 16.1. The number of hydrogen-bond acceptors (Lipinski definition) is 10. The summed E-state index contributed by atoms with van der Waals surface area (Å²) in [6.07, 6.45) is 19.2. The van der Waals surface area contributed by atoms with E-state index < -0.39 is 68.4 Å². The molecule has 10 heteroatoms. The zero-order valence-electron chi connectivity index (χ0n) is 51.6. The van der Waals surface area contributed by atoms with Crippen LogP contribution in [0.4, 0.5) is 0 Å². The van der Waals surface area contributed by atoms with E-state index in [9.17, 15) is 15.0 Å². The van der Waals surface area contributed by atoms with Gasteiger partial charge in [0.25, 0.3) is 0 Å². The SMILES string of the molecule is CN[C@H]1Cc2c(cccc2CO)C#CC2(CCCC2)C[C@]23CC[C@H]4[C@@](O)([C@H](O)[C@H]5C[C@@H]6CC[C@@H]7[C@H]8O[C@@H](Cc9cccc(c9)C[C@H]9CC[C@@H](C9)[C@@H]6C)C[C@H]6C[C@H]9C[C@@H](c%10ccccc%10)CC[C@H]9[C@]68C[C@@]4(C=O)[C@@]75O)[C@@]2(O)C[C@@H]2C[C@H]1[C@H]1OC(=O)C=C1[C@@H]23. The fourth-order valence-electron chi connectivity index (χ4n) is 26.7. The number of aliphatic hydroxyl groups is 5. The number of carbonyl (C=O) groups excluding carboxylic acids is 2. The zero-order chi connectivity index (χ0) is 59.2. The van der Waals surface area contributed by atoms with Crippen LogP contribution >= 0.6 is 0 Å². The Morgan fingerprint density at radius 1 is 0.747 bits per heavy atom. The number of fused-ring (bicyclic) bond motifs is 12. The van der Waals surface area contributed by atoms with Crippen LogP contribution in [-0.2, 0) is 44.9 Å². The maximum Gasteiger partial charge on any atom is 0.331 e. The average Bonchev–Trinajstić information content (AvgIpc) is 1.63. The lowest BCUT2D eigenvalue weighted by Crippen LogP contribution is -2.87. The van der Waals surface area contributed by atoms with Crippen molar-refractivity contribution in [3.05, 3.63) is 118 Å². The Kier molecular flexibility index (Phi) is 13.2. The lowest BCUT2D eigenvalue weighted by Gasteiger charge is -2.76. The Hall–Kier alpha value is -4.18. The van der Waals surface area contributed by atoms with Crippen molar-refractivity contribution in [3.8, 4) is 11.8 Å². The highest BCUT2D eigenvalue weighted by Crippen LogP contribution is 2.82. The molecule has 0 unspecified atom stereocenters. The first-order valence-electron chi connectivity index (χ1n) is 35.1. The van der Waals surface area contributed by atoms with Gasteiger partial charge in [0.15, 0.2) is 0 Å². The summed E-state index contributed by atoms with van der Waals surface area (Å²) in [6, 6.07) is 26.3. The highest BCUT2D eigenvalue weighted by atomic mass is 16.5. The van der Waals surface area contributed by atoms with Crippen LogP contribution in [0.5, 0.6) is 0 Å². The summed E-state index contributed by atoms with van der Waals surface area (Å²) >= 11 is 0. The van der Waals surface area contributed by atoms with E-state index in [0.717, 1.165) is 118 Å². The van der Waals surface area contributed by atoms with Gasteiger partial charge in [0.05, 0.1) is 35.9 Å². The van der Waals surface area contributed by atoms with Gasteiger partial charge in [-0.2, -0.15) is 0 Å². The van der Waals surface area contributed by atoms with Crippen molar-refractivity contribution >= 4 is 12.3 Å². The lowest BCUT2D eigenvalue weighted by molar-refractivity contribution is -0.395. The summed E-state index contributed by atoms with van der Waals surface area (Å²) in [5, 5.41) is 75.6. The summed E-state index contributed by atoms with van der Waals surface area (Å²) in [4.78, 5) is 30.3. The molecule has 3 aromatic carbocycles. The fourth-order valence-corrected chi connectivity index (χ4v) is 26.7. The summed E-state index contributed by atoms with van der Waals surface area (Å²) < 4.78 is 14.6. The van der Waals surface area contributed by atoms with Crippen molar-refractivity contribution in [1.82, 2.24) is 5.32 Å². The Balaban J connectivity index is 0.869. The molecule has 87 heavy (non-hydrogen) atoms. The van der Waals surface area contributed by atoms with Crippen molar-refractivity contribution in [2.45, 2.75) is 221 Å². The largest absolute Gasteiger partial charge is 0.454 e. The number of nitrogens with one attached hydrogen (secondary N) is 1. The van der Waals surface area contributed by atoms with Gasteiger partial charge in [-0.3, -0.25) is 0 Å². The number of esters is 1. The monoisotopic (exact) mass is 1180 g/mol. The van der Waals surface area contributed by atoms with E-state index in [4.69, 9.17) is 9.47 Å². The number of aliphatic hydroxyl groups excluding tert-OH is 2. The molecule has 15 aliphatic rings. The number of likely N-dealkylation sites (N-methyl/N-ethyl adjacent to an activating group) is 1.